The molecule has 1 N–H and O–H groups in total. The predicted octanol–water partition coefficient (Wildman–Crippen LogP) is 3.14. The van der Waals surface area contributed by atoms with Gasteiger partial charge in [-0.1, -0.05) is 13.8 Å². The molecule has 5 heteroatoms. The zero-order chi connectivity index (χ0) is 21.3. The van der Waals surface area contributed by atoms with Gasteiger partial charge in [-0.3, -0.25) is 0 Å². The number of fused-ring (bicyclic) bond motifs is 1. The molecule has 30 heavy (non-hydrogen) atoms. The molecule has 0 saturated carbocycles. The Hall–Kier alpha value is -2.79. The largest absolute Gasteiger partial charge is 0.497 e. The molecule has 0 aliphatic carbocycles. The van der Waals surface area contributed by atoms with Gasteiger partial charge in [-0.15, -0.1) is 0 Å². The van der Waals surface area contributed by atoms with Gasteiger partial charge in [0.2, 0.25) is 0 Å². The molecule has 4 rings (SSSR count). The Bertz CT molecular complexity index is 1080. The van der Waals surface area contributed by atoms with Crippen LogP contribution in [-0.2, 0) is 6.54 Å². The number of nitrogens with one attached hydrogen (secondary N) is 1. The second kappa shape index (κ2) is 8.52. The summed E-state index contributed by atoms with van der Waals surface area (Å²) in [6, 6.07) is 14.2. The van der Waals surface area contributed by atoms with Crippen molar-refractivity contribution < 1.29 is 14.1 Å². The lowest BCUT2D eigenvalue weighted by Gasteiger charge is -2.33. The first-order valence-electron chi connectivity index (χ1n) is 10.7. The van der Waals surface area contributed by atoms with E-state index < -0.39 is 0 Å². The van der Waals surface area contributed by atoms with Crippen molar-refractivity contribution in [2.24, 2.45) is 0 Å². The fourth-order valence-electron chi connectivity index (χ4n) is 4.48. The first kappa shape index (κ1) is 20.5. The zero-order valence-electron chi connectivity index (χ0n) is 18.3. The van der Waals surface area contributed by atoms with Gasteiger partial charge in [0.05, 0.1) is 33.3 Å². The van der Waals surface area contributed by atoms with Crippen LogP contribution in [0.3, 0.4) is 0 Å². The lowest BCUT2D eigenvalue weighted by atomic mass is 9.95. The van der Waals surface area contributed by atoms with Gasteiger partial charge in [-0.05, 0) is 60.4 Å². The van der Waals surface area contributed by atoms with Crippen LogP contribution >= 0.6 is 0 Å². The van der Waals surface area contributed by atoms with Crippen LogP contribution in [0, 0.1) is 6.92 Å². The van der Waals surface area contributed by atoms with Gasteiger partial charge in [0.1, 0.15) is 17.9 Å². The molecule has 0 amide bonds. The molecule has 2 heterocycles. The van der Waals surface area contributed by atoms with Crippen molar-refractivity contribution in [1.82, 2.24) is 0 Å². The Balaban J connectivity index is 1.52. The van der Waals surface area contributed by atoms with E-state index in [2.05, 4.69) is 43.9 Å². The Kier molecular flexibility index (Phi) is 5.82. The molecule has 1 fully saturated rings. The minimum Gasteiger partial charge on any atom is -0.497 e. The standard InChI is InChI=1S/C25H30N2O3/c1-17(2)22-15-23-19(14-25(28)30-24(23)13-18(22)3)16-26-9-11-27(12-10-26)20-5-7-21(29-4)8-6-20/h5-8,13-15,17H,9-12,16H2,1-4H3/p+1. The lowest BCUT2D eigenvalue weighted by Crippen LogP contribution is -3.13. The number of aryl methyl sites for hydroxylation is 1. The quantitative estimate of drug-likeness (QED) is 0.660. The highest BCUT2D eigenvalue weighted by Crippen LogP contribution is 2.26. The second-order valence-electron chi connectivity index (χ2n) is 8.56. The number of nitrogens with zero attached hydrogens (tertiary/aromatic N) is 1. The number of rotatable bonds is 5. The van der Waals surface area contributed by atoms with Crippen molar-refractivity contribution in [2.45, 2.75) is 33.2 Å². The van der Waals surface area contributed by atoms with E-state index >= 15 is 0 Å². The van der Waals surface area contributed by atoms with Gasteiger partial charge in [0, 0.05) is 22.7 Å². The highest BCUT2D eigenvalue weighted by molar-refractivity contribution is 5.82. The molecule has 1 saturated heterocycles. The molecular weight excluding hydrogens is 376 g/mol. The number of hydrogen-bond donors (Lipinski definition) is 1. The Morgan fingerprint density at radius 3 is 2.43 bits per heavy atom. The van der Waals surface area contributed by atoms with Crippen molar-refractivity contribution >= 4 is 16.7 Å². The average molecular weight is 408 g/mol. The minimum absolute atomic E-state index is 0.259. The average Bonchev–Trinajstić information content (AvgIpc) is 2.73. The maximum Gasteiger partial charge on any atom is 0.336 e. The number of anilines is 1. The summed E-state index contributed by atoms with van der Waals surface area (Å²) in [7, 11) is 1.69. The number of ether oxygens (including phenoxy) is 1. The molecule has 0 radical (unpaired) electrons. The van der Waals surface area contributed by atoms with Crippen molar-refractivity contribution in [3.63, 3.8) is 0 Å². The Morgan fingerprint density at radius 1 is 1.10 bits per heavy atom. The van der Waals surface area contributed by atoms with Crippen molar-refractivity contribution in [3.05, 3.63) is 69.6 Å². The van der Waals surface area contributed by atoms with Crippen LogP contribution in [0.5, 0.6) is 5.75 Å². The number of methoxy groups -OCH3 is 1. The highest BCUT2D eigenvalue weighted by Gasteiger charge is 2.22. The van der Waals surface area contributed by atoms with Crippen LogP contribution in [0.2, 0.25) is 0 Å². The van der Waals surface area contributed by atoms with Crippen LogP contribution in [0.25, 0.3) is 11.0 Å². The first-order valence-corrected chi connectivity index (χ1v) is 10.7. The highest BCUT2D eigenvalue weighted by atomic mass is 16.5. The first-order chi connectivity index (χ1) is 14.4. The third kappa shape index (κ3) is 4.21. The van der Waals surface area contributed by atoms with Crippen LogP contribution in [0.4, 0.5) is 5.69 Å². The van der Waals surface area contributed by atoms with E-state index in [0.717, 1.165) is 49.4 Å². The molecule has 2 aromatic carbocycles. The summed E-state index contributed by atoms with van der Waals surface area (Å²) < 4.78 is 10.8. The molecule has 0 atom stereocenters. The zero-order valence-corrected chi connectivity index (χ0v) is 18.3. The normalized spacial score (nSPS) is 15.2. The third-order valence-electron chi connectivity index (χ3n) is 6.19. The van der Waals surface area contributed by atoms with E-state index in [1.165, 1.54) is 21.7 Å². The molecule has 1 aromatic heterocycles. The van der Waals surface area contributed by atoms with E-state index in [9.17, 15) is 4.79 Å². The van der Waals surface area contributed by atoms with Crippen LogP contribution in [0.15, 0.2) is 51.7 Å². The van der Waals surface area contributed by atoms with Crippen molar-refractivity contribution in [3.8, 4) is 5.75 Å². The van der Waals surface area contributed by atoms with Gasteiger partial charge in [-0.25, -0.2) is 4.79 Å². The van der Waals surface area contributed by atoms with Gasteiger partial charge in [-0.2, -0.15) is 0 Å². The minimum atomic E-state index is -0.259. The van der Waals surface area contributed by atoms with Crippen LogP contribution < -0.4 is 20.2 Å². The number of hydrogen-bond acceptors (Lipinski definition) is 4. The summed E-state index contributed by atoms with van der Waals surface area (Å²) in [6.07, 6.45) is 0. The van der Waals surface area contributed by atoms with E-state index in [1.54, 1.807) is 13.2 Å². The number of piperazine rings is 1. The van der Waals surface area contributed by atoms with Crippen molar-refractivity contribution in [2.75, 3.05) is 38.2 Å². The fourth-order valence-corrected chi connectivity index (χ4v) is 4.48. The molecule has 5 nitrogen and oxygen atoms in total. The van der Waals surface area contributed by atoms with Gasteiger partial charge < -0.3 is 19.0 Å². The number of benzene rings is 2. The maximum atomic E-state index is 12.2. The second-order valence-corrected chi connectivity index (χ2v) is 8.56. The summed E-state index contributed by atoms with van der Waals surface area (Å²) in [5.41, 5.74) is 5.27. The molecule has 1 aliphatic rings. The Morgan fingerprint density at radius 2 is 1.80 bits per heavy atom. The summed E-state index contributed by atoms with van der Waals surface area (Å²) in [5, 5.41) is 1.08. The van der Waals surface area contributed by atoms with E-state index in [1.807, 2.05) is 18.2 Å². The monoisotopic (exact) mass is 407 g/mol. The van der Waals surface area contributed by atoms with Gasteiger partial charge in [0.15, 0.2) is 0 Å². The van der Waals surface area contributed by atoms with Gasteiger partial charge >= 0.3 is 5.63 Å². The smallest absolute Gasteiger partial charge is 0.336 e. The lowest BCUT2D eigenvalue weighted by molar-refractivity contribution is -0.914. The molecule has 158 valence electrons. The third-order valence-corrected chi connectivity index (χ3v) is 6.19. The molecule has 3 aromatic rings. The van der Waals surface area contributed by atoms with Crippen LogP contribution in [0.1, 0.15) is 36.5 Å². The molecule has 0 spiro atoms. The summed E-state index contributed by atoms with van der Waals surface area (Å²) >= 11 is 0. The summed E-state index contributed by atoms with van der Waals surface area (Å²) in [6.45, 7) is 11.4. The molecule has 1 aliphatic heterocycles. The SMILES string of the molecule is COc1ccc(N2CC[NH+](Cc3cc(=O)oc4cc(C)c(C(C)C)cc34)CC2)cc1. The fraction of sp³-hybridized carbons (Fsp3) is 0.400. The van der Waals surface area contributed by atoms with E-state index in [0.29, 0.717) is 11.5 Å². The Labute approximate surface area is 177 Å². The van der Waals surface area contributed by atoms with Crippen LogP contribution in [-0.4, -0.2) is 33.3 Å². The topological polar surface area (TPSA) is 47.1 Å². The summed E-state index contributed by atoms with van der Waals surface area (Å²) in [5.74, 6) is 1.32. The molecule has 0 bridgehead atoms. The number of quaternary nitrogens is 1. The predicted molar refractivity (Wildman–Crippen MR) is 121 cm³/mol. The van der Waals surface area contributed by atoms with Gasteiger partial charge in [0.25, 0.3) is 0 Å². The molecular formula is C25H31N2O3+. The summed E-state index contributed by atoms with van der Waals surface area (Å²) in [4.78, 5) is 16.1. The molecule has 0 unspecified atom stereocenters. The maximum absolute atomic E-state index is 12.2. The van der Waals surface area contributed by atoms with E-state index in [-0.39, 0.29) is 5.63 Å². The van der Waals surface area contributed by atoms with Crippen molar-refractivity contribution in [1.29, 1.82) is 0 Å². The van der Waals surface area contributed by atoms with E-state index in [4.69, 9.17) is 9.15 Å².